The van der Waals surface area contributed by atoms with Crippen LogP contribution >= 0.6 is 0 Å². The lowest BCUT2D eigenvalue weighted by atomic mass is 10.0. The largest absolute Gasteiger partial charge is 0.497 e. The van der Waals surface area contributed by atoms with Gasteiger partial charge in [0.1, 0.15) is 5.75 Å². The molecule has 0 spiro atoms. The van der Waals surface area contributed by atoms with E-state index in [0.717, 1.165) is 52.4 Å². The van der Waals surface area contributed by atoms with E-state index in [4.69, 9.17) is 15.5 Å². The summed E-state index contributed by atoms with van der Waals surface area (Å²) in [5.74, 6) is 1.14. The number of nitrogens with two attached hydrogens (primary N) is 1. The van der Waals surface area contributed by atoms with Gasteiger partial charge in [-0.25, -0.2) is 9.97 Å². The third-order valence-corrected chi connectivity index (χ3v) is 4.82. The maximum absolute atomic E-state index is 12.3. The van der Waals surface area contributed by atoms with E-state index in [2.05, 4.69) is 21.7 Å². The summed E-state index contributed by atoms with van der Waals surface area (Å²) in [7, 11) is 1.63. The molecular weight excluding hydrogens is 366 g/mol. The zero-order chi connectivity index (χ0) is 20.2. The summed E-state index contributed by atoms with van der Waals surface area (Å²) in [6.07, 6.45) is 3.74. The predicted octanol–water partition coefficient (Wildman–Crippen LogP) is 3.28. The minimum atomic E-state index is -0.0724. The van der Waals surface area contributed by atoms with E-state index in [1.807, 2.05) is 36.4 Å². The second-order valence-corrected chi connectivity index (χ2v) is 6.92. The Labute approximate surface area is 169 Å². The average molecular weight is 389 g/mol. The molecule has 1 amide bonds. The Morgan fingerprint density at radius 1 is 1.24 bits per heavy atom. The van der Waals surface area contributed by atoms with Crippen molar-refractivity contribution in [1.29, 1.82) is 0 Å². The van der Waals surface area contributed by atoms with Crippen molar-refractivity contribution in [1.82, 2.24) is 9.97 Å². The molecule has 0 aliphatic carbocycles. The monoisotopic (exact) mass is 389 g/mol. The van der Waals surface area contributed by atoms with Crippen molar-refractivity contribution in [2.24, 2.45) is 5.73 Å². The molecule has 3 aromatic rings. The Morgan fingerprint density at radius 3 is 2.97 bits per heavy atom. The summed E-state index contributed by atoms with van der Waals surface area (Å²) in [4.78, 5) is 21.4. The number of fused-ring (bicyclic) bond motifs is 3. The fourth-order valence-corrected chi connectivity index (χ4v) is 3.38. The van der Waals surface area contributed by atoms with Gasteiger partial charge in [-0.3, -0.25) is 4.79 Å². The van der Waals surface area contributed by atoms with Crippen LogP contribution in [0.1, 0.15) is 17.5 Å². The number of anilines is 3. The van der Waals surface area contributed by atoms with E-state index < -0.39 is 0 Å². The first-order chi connectivity index (χ1) is 14.2. The fraction of sp³-hybridized carbons (Fsp3) is 0.227. The molecule has 1 aromatic heterocycles. The molecule has 7 nitrogen and oxygen atoms in total. The number of aromatic nitrogens is 2. The van der Waals surface area contributed by atoms with E-state index in [1.54, 1.807) is 13.3 Å². The first-order valence-electron chi connectivity index (χ1n) is 9.56. The number of carbonyl (C=O) groups is 1. The Bertz CT molecular complexity index is 1050. The first-order valence-corrected chi connectivity index (χ1v) is 9.56. The second-order valence-electron chi connectivity index (χ2n) is 6.92. The lowest BCUT2D eigenvalue weighted by Gasteiger charge is -2.12. The van der Waals surface area contributed by atoms with Crippen LogP contribution in [0.3, 0.4) is 0 Å². The third kappa shape index (κ3) is 4.20. The Hall–Kier alpha value is -3.45. The van der Waals surface area contributed by atoms with Crippen molar-refractivity contribution in [3.8, 4) is 17.0 Å². The van der Waals surface area contributed by atoms with E-state index in [9.17, 15) is 4.79 Å². The van der Waals surface area contributed by atoms with E-state index in [-0.39, 0.29) is 12.3 Å². The number of methoxy groups -OCH3 is 1. The van der Waals surface area contributed by atoms with Crippen LogP contribution in [0, 0.1) is 0 Å². The number of rotatable bonds is 6. The van der Waals surface area contributed by atoms with E-state index >= 15 is 0 Å². The van der Waals surface area contributed by atoms with Crippen LogP contribution in [0.2, 0.25) is 0 Å². The van der Waals surface area contributed by atoms with Gasteiger partial charge < -0.3 is 21.1 Å². The van der Waals surface area contributed by atoms with Crippen molar-refractivity contribution in [3.05, 3.63) is 59.8 Å². The number of hydrogen-bond donors (Lipinski definition) is 3. The summed E-state index contributed by atoms with van der Waals surface area (Å²) in [6.45, 7) is 0.640. The molecule has 7 heteroatoms. The molecule has 0 fully saturated rings. The van der Waals surface area contributed by atoms with Crippen LogP contribution in [0.25, 0.3) is 11.3 Å². The molecule has 0 bridgehead atoms. The Balaban J connectivity index is 1.73. The Kier molecular flexibility index (Phi) is 5.39. The molecule has 0 saturated heterocycles. The molecule has 0 atom stereocenters. The molecule has 4 rings (SSSR count). The van der Waals surface area contributed by atoms with Crippen molar-refractivity contribution in [3.63, 3.8) is 0 Å². The van der Waals surface area contributed by atoms with Gasteiger partial charge in [-0.05, 0) is 49.2 Å². The molecule has 29 heavy (non-hydrogen) atoms. The summed E-state index contributed by atoms with van der Waals surface area (Å²) < 4.78 is 5.27. The predicted molar refractivity (Wildman–Crippen MR) is 113 cm³/mol. The molecule has 4 N–H and O–H groups in total. The van der Waals surface area contributed by atoms with Gasteiger partial charge in [0, 0.05) is 29.1 Å². The maximum Gasteiger partial charge on any atom is 0.228 e. The highest BCUT2D eigenvalue weighted by atomic mass is 16.5. The minimum absolute atomic E-state index is 0.0724. The zero-order valence-electron chi connectivity index (χ0n) is 16.2. The van der Waals surface area contributed by atoms with Crippen LogP contribution in [0.15, 0.2) is 48.7 Å². The molecule has 2 aromatic carbocycles. The lowest BCUT2D eigenvalue weighted by Crippen LogP contribution is -2.12. The van der Waals surface area contributed by atoms with Crippen LogP contribution in [-0.4, -0.2) is 29.5 Å². The fourth-order valence-electron chi connectivity index (χ4n) is 3.38. The molecule has 1 aliphatic rings. The smallest absolute Gasteiger partial charge is 0.228 e. The van der Waals surface area contributed by atoms with Gasteiger partial charge in [0.2, 0.25) is 11.9 Å². The number of amides is 1. The number of benzene rings is 2. The molecule has 2 heterocycles. The van der Waals surface area contributed by atoms with Crippen molar-refractivity contribution >= 4 is 23.2 Å². The molecule has 0 unspecified atom stereocenters. The number of nitrogens with one attached hydrogen (secondary N) is 2. The van der Waals surface area contributed by atoms with Gasteiger partial charge in [0.15, 0.2) is 0 Å². The highest BCUT2D eigenvalue weighted by Gasteiger charge is 2.21. The Morgan fingerprint density at radius 2 is 2.14 bits per heavy atom. The number of ether oxygens (including phenoxy) is 1. The van der Waals surface area contributed by atoms with Crippen LogP contribution in [-0.2, 0) is 17.6 Å². The van der Waals surface area contributed by atoms with Crippen LogP contribution in [0.5, 0.6) is 5.75 Å². The SMILES string of the molecule is COc1cccc(Nc2ncc3c(n2)-c2cc(CCCN)ccc2NC(=O)C3)c1. The third-order valence-electron chi connectivity index (χ3n) is 4.82. The summed E-state index contributed by atoms with van der Waals surface area (Å²) in [6, 6.07) is 13.6. The zero-order valence-corrected chi connectivity index (χ0v) is 16.2. The summed E-state index contributed by atoms with van der Waals surface area (Å²) >= 11 is 0. The normalized spacial score (nSPS) is 12.4. The number of nitrogens with zero attached hydrogens (tertiary/aromatic N) is 2. The first kappa shape index (κ1) is 18.9. The van der Waals surface area contributed by atoms with Gasteiger partial charge >= 0.3 is 0 Å². The van der Waals surface area contributed by atoms with Crippen LogP contribution < -0.4 is 21.1 Å². The highest BCUT2D eigenvalue weighted by molar-refractivity contribution is 6.00. The van der Waals surface area contributed by atoms with Gasteiger partial charge in [0.05, 0.1) is 24.9 Å². The number of carbonyl (C=O) groups excluding carboxylic acids is 1. The molecular formula is C22H23N5O2. The van der Waals surface area contributed by atoms with Gasteiger partial charge in [0.25, 0.3) is 0 Å². The van der Waals surface area contributed by atoms with Gasteiger partial charge in [-0.15, -0.1) is 0 Å². The summed E-state index contributed by atoms with van der Waals surface area (Å²) in [5, 5.41) is 6.18. The van der Waals surface area contributed by atoms with Crippen molar-refractivity contribution in [2.45, 2.75) is 19.3 Å². The van der Waals surface area contributed by atoms with E-state index in [1.165, 1.54) is 0 Å². The molecule has 1 aliphatic heterocycles. The second kappa shape index (κ2) is 8.28. The maximum atomic E-state index is 12.3. The van der Waals surface area contributed by atoms with Gasteiger partial charge in [-0.1, -0.05) is 12.1 Å². The standard InChI is InChI=1S/C22H23N5O2/c1-29-17-6-2-5-16(12-17)25-22-24-13-15-11-20(28)26-19-8-7-14(4-3-9-23)10-18(19)21(15)27-22/h2,5-8,10,12-13H,3-4,9,11,23H2,1H3,(H,26,28)(H,24,25,27). The number of hydrogen-bond acceptors (Lipinski definition) is 6. The molecule has 0 radical (unpaired) electrons. The summed E-state index contributed by atoms with van der Waals surface area (Å²) in [5.41, 5.74) is 10.9. The highest BCUT2D eigenvalue weighted by Crippen LogP contribution is 2.34. The lowest BCUT2D eigenvalue weighted by molar-refractivity contribution is -0.115. The van der Waals surface area contributed by atoms with E-state index in [0.29, 0.717) is 12.5 Å². The molecule has 0 saturated carbocycles. The van der Waals surface area contributed by atoms with Crippen LogP contribution in [0.4, 0.5) is 17.3 Å². The topological polar surface area (TPSA) is 102 Å². The average Bonchev–Trinajstić information content (AvgIpc) is 2.87. The minimum Gasteiger partial charge on any atom is -0.497 e. The molecule has 148 valence electrons. The van der Waals surface area contributed by atoms with Crippen molar-refractivity contribution < 1.29 is 9.53 Å². The van der Waals surface area contributed by atoms with Gasteiger partial charge in [-0.2, -0.15) is 0 Å². The quantitative estimate of drug-likeness (QED) is 0.598. The van der Waals surface area contributed by atoms with Crippen molar-refractivity contribution in [2.75, 3.05) is 24.3 Å². The number of aryl methyl sites for hydroxylation is 1.